The SMILES string of the molecule is CC(C)c1ccc(C(C)NCC2CC2)cc1. The van der Waals surface area contributed by atoms with E-state index in [1.54, 1.807) is 0 Å². The van der Waals surface area contributed by atoms with Gasteiger partial charge in [-0.15, -0.1) is 0 Å². The molecule has 88 valence electrons. The average Bonchev–Trinajstić information content (AvgIpc) is 3.10. The summed E-state index contributed by atoms with van der Waals surface area (Å²) in [5.74, 6) is 1.58. The molecule has 1 unspecified atom stereocenters. The highest BCUT2D eigenvalue weighted by Gasteiger charge is 2.21. The standard InChI is InChI=1S/C15H23N/c1-11(2)14-6-8-15(9-7-14)12(3)16-10-13-4-5-13/h6-9,11-13,16H,4-5,10H2,1-3H3. The van der Waals surface area contributed by atoms with E-state index in [1.165, 1.54) is 30.5 Å². The lowest BCUT2D eigenvalue weighted by molar-refractivity contribution is 0.548. The Morgan fingerprint density at radius 1 is 1.06 bits per heavy atom. The molecule has 0 bridgehead atoms. The summed E-state index contributed by atoms with van der Waals surface area (Å²) in [5.41, 5.74) is 2.84. The van der Waals surface area contributed by atoms with E-state index in [9.17, 15) is 0 Å². The second kappa shape index (κ2) is 5.01. The molecule has 0 aromatic heterocycles. The van der Waals surface area contributed by atoms with Crippen molar-refractivity contribution in [3.8, 4) is 0 Å². The average molecular weight is 217 g/mol. The fourth-order valence-corrected chi connectivity index (χ4v) is 1.95. The van der Waals surface area contributed by atoms with E-state index in [0.29, 0.717) is 12.0 Å². The van der Waals surface area contributed by atoms with Gasteiger partial charge in [0.25, 0.3) is 0 Å². The Labute approximate surface area is 99.3 Å². The predicted octanol–water partition coefficient (Wildman–Crippen LogP) is 3.87. The third kappa shape index (κ3) is 3.08. The summed E-state index contributed by atoms with van der Waals surface area (Å²) in [4.78, 5) is 0. The molecule has 0 aliphatic heterocycles. The minimum atomic E-state index is 0.488. The monoisotopic (exact) mass is 217 g/mol. The minimum Gasteiger partial charge on any atom is -0.310 e. The largest absolute Gasteiger partial charge is 0.310 e. The van der Waals surface area contributed by atoms with Crippen molar-refractivity contribution in [2.24, 2.45) is 5.92 Å². The van der Waals surface area contributed by atoms with Crippen LogP contribution in [-0.2, 0) is 0 Å². The molecule has 0 radical (unpaired) electrons. The van der Waals surface area contributed by atoms with E-state index in [0.717, 1.165) is 5.92 Å². The maximum absolute atomic E-state index is 3.61. The minimum absolute atomic E-state index is 0.488. The quantitative estimate of drug-likeness (QED) is 0.789. The highest BCUT2D eigenvalue weighted by Crippen LogP contribution is 2.28. The Balaban J connectivity index is 1.91. The van der Waals surface area contributed by atoms with Gasteiger partial charge < -0.3 is 5.32 Å². The van der Waals surface area contributed by atoms with Crippen LogP contribution in [0, 0.1) is 5.92 Å². The molecule has 0 spiro atoms. The van der Waals surface area contributed by atoms with Gasteiger partial charge in [0, 0.05) is 6.04 Å². The second-order valence-electron chi connectivity index (χ2n) is 5.39. The van der Waals surface area contributed by atoms with Crippen molar-refractivity contribution in [1.82, 2.24) is 5.32 Å². The number of benzene rings is 1. The number of rotatable bonds is 5. The zero-order valence-corrected chi connectivity index (χ0v) is 10.7. The zero-order valence-electron chi connectivity index (χ0n) is 10.7. The van der Waals surface area contributed by atoms with Gasteiger partial charge in [-0.25, -0.2) is 0 Å². The van der Waals surface area contributed by atoms with Gasteiger partial charge >= 0.3 is 0 Å². The van der Waals surface area contributed by atoms with E-state index >= 15 is 0 Å². The van der Waals surface area contributed by atoms with Gasteiger partial charge in [0.2, 0.25) is 0 Å². The molecular weight excluding hydrogens is 194 g/mol. The van der Waals surface area contributed by atoms with Crippen LogP contribution in [-0.4, -0.2) is 6.54 Å². The summed E-state index contributed by atoms with van der Waals surface area (Å²) in [7, 11) is 0. The third-order valence-electron chi connectivity index (χ3n) is 3.51. The molecule has 1 aromatic rings. The maximum atomic E-state index is 3.61. The summed E-state index contributed by atoms with van der Waals surface area (Å²) in [6.45, 7) is 7.92. The first-order chi connectivity index (χ1) is 7.66. The fraction of sp³-hybridized carbons (Fsp3) is 0.600. The van der Waals surface area contributed by atoms with Crippen molar-refractivity contribution in [1.29, 1.82) is 0 Å². The Bertz CT molecular complexity index is 322. The van der Waals surface area contributed by atoms with E-state index in [4.69, 9.17) is 0 Å². The highest BCUT2D eigenvalue weighted by atomic mass is 14.9. The molecule has 1 aliphatic rings. The third-order valence-corrected chi connectivity index (χ3v) is 3.51. The summed E-state index contributed by atoms with van der Waals surface area (Å²) in [6, 6.07) is 9.53. The number of hydrogen-bond donors (Lipinski definition) is 1. The molecule has 1 N–H and O–H groups in total. The normalized spacial score (nSPS) is 17.8. The van der Waals surface area contributed by atoms with Crippen LogP contribution in [0.2, 0.25) is 0 Å². The highest BCUT2D eigenvalue weighted by molar-refractivity contribution is 5.26. The van der Waals surface area contributed by atoms with Gasteiger partial charge in [-0.2, -0.15) is 0 Å². The zero-order chi connectivity index (χ0) is 11.5. The van der Waals surface area contributed by atoms with Gasteiger partial charge in [-0.1, -0.05) is 38.1 Å². The van der Waals surface area contributed by atoms with E-state index in [1.807, 2.05) is 0 Å². The molecule has 1 heteroatoms. The van der Waals surface area contributed by atoms with Crippen molar-refractivity contribution < 1.29 is 0 Å². The van der Waals surface area contributed by atoms with E-state index in [-0.39, 0.29) is 0 Å². The fourth-order valence-electron chi connectivity index (χ4n) is 1.95. The Morgan fingerprint density at radius 2 is 1.62 bits per heavy atom. The molecule has 1 aromatic carbocycles. The first-order valence-corrected chi connectivity index (χ1v) is 6.50. The molecule has 1 saturated carbocycles. The predicted molar refractivity (Wildman–Crippen MR) is 69.7 cm³/mol. The van der Waals surface area contributed by atoms with E-state index in [2.05, 4.69) is 50.4 Å². The topological polar surface area (TPSA) is 12.0 Å². The van der Waals surface area contributed by atoms with Crippen LogP contribution in [0.1, 0.15) is 56.7 Å². The molecular formula is C15H23N. The van der Waals surface area contributed by atoms with Crippen LogP contribution >= 0.6 is 0 Å². The maximum Gasteiger partial charge on any atom is 0.0291 e. The molecule has 2 rings (SSSR count). The van der Waals surface area contributed by atoms with Crippen LogP contribution in [0.25, 0.3) is 0 Å². The van der Waals surface area contributed by atoms with Crippen molar-refractivity contribution in [3.63, 3.8) is 0 Å². The number of hydrogen-bond acceptors (Lipinski definition) is 1. The van der Waals surface area contributed by atoms with Crippen molar-refractivity contribution >= 4 is 0 Å². The lowest BCUT2D eigenvalue weighted by Gasteiger charge is -2.15. The van der Waals surface area contributed by atoms with Gasteiger partial charge in [-0.05, 0) is 49.3 Å². The van der Waals surface area contributed by atoms with Gasteiger partial charge in [0.05, 0.1) is 0 Å². The molecule has 1 atom stereocenters. The lowest BCUT2D eigenvalue weighted by Crippen LogP contribution is -2.20. The van der Waals surface area contributed by atoms with Crippen molar-refractivity contribution in [2.45, 2.75) is 45.6 Å². The summed E-state index contributed by atoms with van der Waals surface area (Å²) in [5, 5.41) is 3.61. The van der Waals surface area contributed by atoms with Crippen LogP contribution in [0.15, 0.2) is 24.3 Å². The summed E-state index contributed by atoms with van der Waals surface area (Å²) in [6.07, 6.45) is 2.85. The smallest absolute Gasteiger partial charge is 0.0291 e. The van der Waals surface area contributed by atoms with Crippen LogP contribution in [0.4, 0.5) is 0 Å². The van der Waals surface area contributed by atoms with Gasteiger partial charge in [-0.3, -0.25) is 0 Å². The Hall–Kier alpha value is -0.820. The molecule has 16 heavy (non-hydrogen) atoms. The van der Waals surface area contributed by atoms with E-state index < -0.39 is 0 Å². The molecule has 1 aliphatic carbocycles. The molecule has 1 nitrogen and oxygen atoms in total. The molecule has 1 fully saturated rings. The van der Waals surface area contributed by atoms with Crippen LogP contribution in [0.3, 0.4) is 0 Å². The molecule has 0 heterocycles. The van der Waals surface area contributed by atoms with Gasteiger partial charge in [0.1, 0.15) is 0 Å². The number of nitrogens with one attached hydrogen (secondary N) is 1. The van der Waals surface area contributed by atoms with Gasteiger partial charge in [0.15, 0.2) is 0 Å². The van der Waals surface area contributed by atoms with Crippen molar-refractivity contribution in [3.05, 3.63) is 35.4 Å². The summed E-state index contributed by atoms with van der Waals surface area (Å²) < 4.78 is 0. The second-order valence-corrected chi connectivity index (χ2v) is 5.39. The first kappa shape index (κ1) is 11.7. The lowest BCUT2D eigenvalue weighted by atomic mass is 9.99. The van der Waals surface area contributed by atoms with Crippen LogP contribution in [0.5, 0.6) is 0 Å². The Kier molecular flexibility index (Phi) is 3.65. The molecule has 0 amide bonds. The van der Waals surface area contributed by atoms with Crippen molar-refractivity contribution in [2.75, 3.05) is 6.54 Å². The summed E-state index contributed by atoms with van der Waals surface area (Å²) >= 11 is 0. The molecule has 0 saturated heterocycles. The Morgan fingerprint density at radius 3 is 2.12 bits per heavy atom. The van der Waals surface area contributed by atoms with Crippen LogP contribution < -0.4 is 5.32 Å². The first-order valence-electron chi connectivity index (χ1n) is 6.50.